The van der Waals surface area contributed by atoms with Gasteiger partial charge in [0, 0.05) is 11.7 Å². The first kappa shape index (κ1) is 30.9. The fraction of sp³-hybridized carbons (Fsp3) is 0.516. The fourth-order valence-corrected chi connectivity index (χ4v) is 4.37. The van der Waals surface area contributed by atoms with Crippen molar-refractivity contribution in [2.75, 3.05) is 5.32 Å². The monoisotopic (exact) mass is 523 g/mol. The number of para-hydroxylation sites is 1. The Kier molecular flexibility index (Phi) is 10.5. The Morgan fingerprint density at radius 2 is 1.47 bits per heavy atom. The minimum absolute atomic E-state index is 0.235. The summed E-state index contributed by atoms with van der Waals surface area (Å²) >= 11 is 0. The lowest BCUT2D eigenvalue weighted by molar-refractivity contribution is -0.143. The Morgan fingerprint density at radius 1 is 0.921 bits per heavy atom. The van der Waals surface area contributed by atoms with E-state index >= 15 is 0 Å². The molecule has 0 bridgehead atoms. The largest absolute Gasteiger partial charge is 0.444 e. The van der Waals surface area contributed by atoms with Gasteiger partial charge in [0.1, 0.15) is 17.7 Å². The van der Waals surface area contributed by atoms with Crippen molar-refractivity contribution < 1.29 is 19.1 Å². The summed E-state index contributed by atoms with van der Waals surface area (Å²) in [5.41, 5.74) is 3.74. The van der Waals surface area contributed by atoms with Gasteiger partial charge in [0.25, 0.3) is 5.91 Å². The maximum atomic E-state index is 14.1. The Bertz CT molecular complexity index is 1100. The topological polar surface area (TPSA) is 87.7 Å². The van der Waals surface area contributed by atoms with Crippen LogP contribution in [0.15, 0.2) is 42.5 Å². The number of carbonyl (C=O) groups excluding carboxylic acids is 3. The Hall–Kier alpha value is -3.35. The van der Waals surface area contributed by atoms with Crippen LogP contribution in [0.25, 0.3) is 0 Å². The quantitative estimate of drug-likeness (QED) is 0.402. The number of amides is 3. The Labute approximate surface area is 228 Å². The van der Waals surface area contributed by atoms with Gasteiger partial charge in [0.15, 0.2) is 0 Å². The number of benzene rings is 2. The summed E-state index contributed by atoms with van der Waals surface area (Å²) in [6.07, 6.45) is 0.193. The van der Waals surface area contributed by atoms with E-state index in [4.69, 9.17) is 4.74 Å². The van der Waals surface area contributed by atoms with Crippen molar-refractivity contribution in [3.8, 4) is 0 Å². The molecule has 2 aromatic rings. The SMILES string of the molecule is CCc1ccc(C(C(=O)Nc2c(C)cccc2C)N(C(=O)C(NC(=O)OC(C)(C)C)C(C)C)C(C)C)cc1. The van der Waals surface area contributed by atoms with Crippen LogP contribution in [-0.4, -0.2) is 40.5 Å². The molecule has 3 amide bonds. The van der Waals surface area contributed by atoms with E-state index in [0.29, 0.717) is 5.56 Å². The number of nitrogens with zero attached hydrogens (tertiary/aromatic N) is 1. The highest BCUT2D eigenvalue weighted by Crippen LogP contribution is 2.29. The van der Waals surface area contributed by atoms with Crippen molar-refractivity contribution in [3.63, 3.8) is 0 Å². The van der Waals surface area contributed by atoms with Crippen LogP contribution in [0.2, 0.25) is 0 Å². The number of alkyl carbamates (subject to hydrolysis) is 1. The van der Waals surface area contributed by atoms with Gasteiger partial charge in [-0.1, -0.05) is 63.2 Å². The lowest BCUT2D eigenvalue weighted by Gasteiger charge is -2.38. The third-order valence-corrected chi connectivity index (χ3v) is 6.38. The van der Waals surface area contributed by atoms with Crippen LogP contribution in [0.1, 0.15) is 83.7 Å². The molecule has 0 fully saturated rings. The first-order valence-electron chi connectivity index (χ1n) is 13.4. The van der Waals surface area contributed by atoms with Gasteiger partial charge in [-0.3, -0.25) is 9.59 Å². The van der Waals surface area contributed by atoms with Gasteiger partial charge in [0.05, 0.1) is 0 Å². The third kappa shape index (κ3) is 8.07. The molecule has 7 nitrogen and oxygen atoms in total. The molecule has 0 spiro atoms. The molecular formula is C31H45N3O4. The smallest absolute Gasteiger partial charge is 0.408 e. The average Bonchev–Trinajstić information content (AvgIpc) is 2.81. The first-order chi connectivity index (χ1) is 17.7. The third-order valence-electron chi connectivity index (χ3n) is 6.38. The molecule has 7 heteroatoms. The lowest BCUT2D eigenvalue weighted by Crippen LogP contribution is -2.56. The molecule has 0 saturated carbocycles. The van der Waals surface area contributed by atoms with Crippen molar-refractivity contribution in [2.24, 2.45) is 5.92 Å². The lowest BCUT2D eigenvalue weighted by atomic mass is 9.96. The Balaban J connectivity index is 2.56. The molecular weight excluding hydrogens is 478 g/mol. The van der Waals surface area contributed by atoms with E-state index in [-0.39, 0.29) is 23.8 Å². The van der Waals surface area contributed by atoms with E-state index in [2.05, 4.69) is 17.6 Å². The molecule has 0 aliphatic rings. The summed E-state index contributed by atoms with van der Waals surface area (Å²) in [6, 6.07) is 11.5. The first-order valence-corrected chi connectivity index (χ1v) is 13.4. The van der Waals surface area contributed by atoms with E-state index < -0.39 is 23.8 Å². The highest BCUT2D eigenvalue weighted by molar-refractivity contribution is 6.00. The molecule has 0 aliphatic carbocycles. The molecule has 2 rings (SSSR count). The maximum Gasteiger partial charge on any atom is 0.408 e. The van der Waals surface area contributed by atoms with E-state index in [1.807, 2.05) is 84.0 Å². The molecule has 0 aliphatic heterocycles. The highest BCUT2D eigenvalue weighted by atomic mass is 16.6. The number of carbonyl (C=O) groups is 3. The fourth-order valence-electron chi connectivity index (χ4n) is 4.37. The molecule has 0 radical (unpaired) electrons. The van der Waals surface area contributed by atoms with Gasteiger partial charge in [-0.15, -0.1) is 0 Å². The summed E-state index contributed by atoms with van der Waals surface area (Å²) in [4.78, 5) is 42.4. The standard InChI is InChI=1S/C31H45N3O4/c1-11-23-15-17-24(18-16-23)27(28(35)32-26-21(6)13-12-14-22(26)7)34(20(4)5)29(36)25(19(2)3)33-30(37)38-31(8,9)10/h12-20,25,27H,11H2,1-10H3,(H,32,35)(H,33,37). The zero-order valence-electron chi connectivity index (χ0n) is 24.6. The van der Waals surface area contributed by atoms with Crippen molar-refractivity contribution in [1.82, 2.24) is 10.2 Å². The number of nitrogens with one attached hydrogen (secondary N) is 2. The zero-order chi connectivity index (χ0) is 28.8. The maximum absolute atomic E-state index is 14.1. The second kappa shape index (κ2) is 12.9. The predicted molar refractivity (Wildman–Crippen MR) is 153 cm³/mol. The summed E-state index contributed by atoms with van der Waals surface area (Å²) in [7, 11) is 0. The molecule has 2 atom stereocenters. The minimum atomic E-state index is -0.908. The molecule has 0 heterocycles. The van der Waals surface area contributed by atoms with Crippen molar-refractivity contribution in [1.29, 1.82) is 0 Å². The zero-order valence-corrected chi connectivity index (χ0v) is 24.6. The van der Waals surface area contributed by atoms with Crippen LogP contribution in [0.5, 0.6) is 0 Å². The van der Waals surface area contributed by atoms with Crippen LogP contribution in [-0.2, 0) is 20.7 Å². The van der Waals surface area contributed by atoms with Gasteiger partial charge in [-0.25, -0.2) is 4.79 Å². The Morgan fingerprint density at radius 3 is 1.92 bits per heavy atom. The number of ether oxygens (including phenoxy) is 1. The van der Waals surface area contributed by atoms with E-state index in [9.17, 15) is 14.4 Å². The molecule has 2 unspecified atom stereocenters. The highest BCUT2D eigenvalue weighted by Gasteiger charge is 2.39. The van der Waals surface area contributed by atoms with E-state index in [0.717, 1.165) is 28.8 Å². The predicted octanol–water partition coefficient (Wildman–Crippen LogP) is 6.33. The van der Waals surface area contributed by atoms with Crippen LogP contribution < -0.4 is 10.6 Å². The molecule has 2 aromatic carbocycles. The molecule has 38 heavy (non-hydrogen) atoms. The van der Waals surface area contributed by atoms with Crippen LogP contribution in [0.4, 0.5) is 10.5 Å². The minimum Gasteiger partial charge on any atom is -0.444 e. The van der Waals surface area contributed by atoms with E-state index in [1.54, 1.807) is 25.7 Å². The summed E-state index contributed by atoms with van der Waals surface area (Å²) in [5, 5.41) is 5.85. The number of hydrogen-bond donors (Lipinski definition) is 2. The molecule has 0 saturated heterocycles. The molecule has 0 aromatic heterocycles. The van der Waals surface area contributed by atoms with Gasteiger partial charge >= 0.3 is 6.09 Å². The number of rotatable bonds is 9. The number of anilines is 1. The van der Waals surface area contributed by atoms with Crippen LogP contribution >= 0.6 is 0 Å². The van der Waals surface area contributed by atoms with Crippen LogP contribution in [0, 0.1) is 19.8 Å². The molecule has 2 N–H and O–H groups in total. The summed E-state index contributed by atoms with van der Waals surface area (Å²) in [6.45, 7) is 18.7. The van der Waals surface area contributed by atoms with Crippen molar-refractivity contribution in [2.45, 2.75) is 99.4 Å². The normalized spacial score (nSPS) is 13.2. The van der Waals surface area contributed by atoms with Gasteiger partial charge in [-0.05, 0) is 83.1 Å². The average molecular weight is 524 g/mol. The van der Waals surface area contributed by atoms with Crippen molar-refractivity contribution >= 4 is 23.6 Å². The summed E-state index contributed by atoms with van der Waals surface area (Å²) in [5.74, 6) is -0.892. The van der Waals surface area contributed by atoms with Gasteiger partial charge in [0.2, 0.25) is 5.91 Å². The van der Waals surface area contributed by atoms with Gasteiger partial charge < -0.3 is 20.3 Å². The second-order valence-electron chi connectivity index (χ2n) is 11.5. The van der Waals surface area contributed by atoms with Gasteiger partial charge in [-0.2, -0.15) is 0 Å². The number of hydrogen-bond acceptors (Lipinski definition) is 4. The van der Waals surface area contributed by atoms with Crippen LogP contribution in [0.3, 0.4) is 0 Å². The van der Waals surface area contributed by atoms with Crippen molar-refractivity contribution in [3.05, 3.63) is 64.7 Å². The van der Waals surface area contributed by atoms with E-state index in [1.165, 1.54) is 0 Å². The summed E-state index contributed by atoms with van der Waals surface area (Å²) < 4.78 is 5.43. The molecule has 208 valence electrons. The number of aryl methyl sites for hydroxylation is 3. The second-order valence-corrected chi connectivity index (χ2v) is 11.5.